The average molecular weight is 415 g/mol. The third kappa shape index (κ3) is 5.14. The van der Waals surface area contributed by atoms with Crippen LogP contribution in [0, 0.1) is 5.92 Å². The van der Waals surface area contributed by atoms with Crippen molar-refractivity contribution in [1.29, 1.82) is 0 Å². The Morgan fingerprint density at radius 2 is 2.03 bits per heavy atom. The van der Waals surface area contributed by atoms with Gasteiger partial charge in [0.05, 0.1) is 5.92 Å². The maximum atomic E-state index is 13.1. The quantitative estimate of drug-likeness (QED) is 0.726. The molecule has 3 rings (SSSR count). The molecule has 2 saturated heterocycles. The van der Waals surface area contributed by atoms with Crippen LogP contribution in [0.2, 0.25) is 0 Å². The molecule has 1 aromatic heterocycles. The number of hydrogen-bond donors (Lipinski definition) is 2. The number of pyridine rings is 1. The Hall–Kier alpha value is -2.97. The van der Waals surface area contributed by atoms with Gasteiger partial charge in [-0.1, -0.05) is 0 Å². The Morgan fingerprint density at radius 3 is 2.77 bits per heavy atom. The summed E-state index contributed by atoms with van der Waals surface area (Å²) in [4.78, 5) is 56.6. The summed E-state index contributed by atoms with van der Waals surface area (Å²) in [6.45, 7) is 4.07. The Labute approximate surface area is 176 Å². The van der Waals surface area contributed by atoms with Gasteiger partial charge in [0.25, 0.3) is 5.91 Å². The van der Waals surface area contributed by atoms with E-state index >= 15 is 0 Å². The molecule has 4 amide bonds. The molecule has 9 heteroatoms. The number of piperidine rings is 1. The topological polar surface area (TPSA) is 126 Å². The summed E-state index contributed by atoms with van der Waals surface area (Å²) in [6.07, 6.45) is 4.88. The van der Waals surface area contributed by atoms with Crippen LogP contribution in [0.15, 0.2) is 18.3 Å². The van der Waals surface area contributed by atoms with Crippen molar-refractivity contribution in [3.8, 4) is 0 Å². The van der Waals surface area contributed by atoms with E-state index in [1.807, 2.05) is 11.8 Å². The largest absolute Gasteiger partial charge is 0.366 e. The molecule has 3 N–H and O–H groups in total. The SMILES string of the molecule is CCN1CC(C(=O)N2CCCCC(NC(=O)c3cc(C(N)=O)ccn3)C2)CCC1=O. The van der Waals surface area contributed by atoms with E-state index in [2.05, 4.69) is 10.3 Å². The van der Waals surface area contributed by atoms with Crippen LogP contribution in [0.1, 0.15) is 59.9 Å². The highest BCUT2D eigenvalue weighted by atomic mass is 16.2. The molecule has 2 aliphatic rings. The van der Waals surface area contributed by atoms with E-state index in [-0.39, 0.29) is 35.0 Å². The van der Waals surface area contributed by atoms with Crippen molar-refractivity contribution < 1.29 is 19.2 Å². The molecule has 0 radical (unpaired) electrons. The van der Waals surface area contributed by atoms with Crippen molar-refractivity contribution >= 4 is 23.6 Å². The molecule has 0 aliphatic carbocycles. The highest BCUT2D eigenvalue weighted by molar-refractivity contribution is 5.97. The van der Waals surface area contributed by atoms with E-state index in [0.29, 0.717) is 39.0 Å². The molecule has 9 nitrogen and oxygen atoms in total. The van der Waals surface area contributed by atoms with E-state index in [1.54, 1.807) is 4.90 Å². The van der Waals surface area contributed by atoms with Gasteiger partial charge in [0.15, 0.2) is 0 Å². The Balaban J connectivity index is 1.64. The van der Waals surface area contributed by atoms with Crippen LogP contribution < -0.4 is 11.1 Å². The molecule has 0 aromatic carbocycles. The predicted molar refractivity (Wildman–Crippen MR) is 109 cm³/mol. The summed E-state index contributed by atoms with van der Waals surface area (Å²) in [6, 6.07) is 2.63. The second-order valence-corrected chi connectivity index (χ2v) is 7.91. The lowest BCUT2D eigenvalue weighted by molar-refractivity contribution is -0.143. The summed E-state index contributed by atoms with van der Waals surface area (Å²) in [7, 11) is 0. The number of hydrogen-bond acceptors (Lipinski definition) is 5. The summed E-state index contributed by atoms with van der Waals surface area (Å²) < 4.78 is 0. The smallest absolute Gasteiger partial charge is 0.270 e. The van der Waals surface area contributed by atoms with E-state index in [9.17, 15) is 19.2 Å². The lowest BCUT2D eigenvalue weighted by Crippen LogP contribution is -2.50. The zero-order valence-corrected chi connectivity index (χ0v) is 17.3. The van der Waals surface area contributed by atoms with E-state index in [1.165, 1.54) is 18.3 Å². The van der Waals surface area contributed by atoms with Crippen LogP contribution in [-0.2, 0) is 9.59 Å². The van der Waals surface area contributed by atoms with Crippen LogP contribution in [0.3, 0.4) is 0 Å². The molecule has 2 unspecified atom stereocenters. The Kier molecular flexibility index (Phi) is 7.02. The molecule has 0 bridgehead atoms. The first-order chi connectivity index (χ1) is 14.4. The van der Waals surface area contributed by atoms with Gasteiger partial charge in [-0.2, -0.15) is 0 Å². The zero-order valence-electron chi connectivity index (χ0n) is 17.3. The molecular weight excluding hydrogens is 386 g/mol. The number of nitrogens with one attached hydrogen (secondary N) is 1. The molecule has 0 spiro atoms. The Morgan fingerprint density at radius 1 is 1.23 bits per heavy atom. The second-order valence-electron chi connectivity index (χ2n) is 7.91. The molecule has 0 saturated carbocycles. The van der Waals surface area contributed by atoms with E-state index < -0.39 is 11.8 Å². The van der Waals surface area contributed by atoms with E-state index in [0.717, 1.165) is 19.3 Å². The molecule has 1 aromatic rings. The maximum absolute atomic E-state index is 13.1. The summed E-state index contributed by atoms with van der Waals surface area (Å²) in [5.41, 5.74) is 5.62. The van der Waals surface area contributed by atoms with Gasteiger partial charge in [0.2, 0.25) is 17.7 Å². The number of amides is 4. The number of nitrogens with two attached hydrogens (primary N) is 1. The number of rotatable bonds is 5. The minimum Gasteiger partial charge on any atom is -0.366 e. The molecule has 2 atom stereocenters. The summed E-state index contributed by atoms with van der Waals surface area (Å²) in [5, 5.41) is 2.94. The first-order valence-electron chi connectivity index (χ1n) is 10.5. The van der Waals surface area contributed by atoms with Crippen molar-refractivity contribution in [3.05, 3.63) is 29.6 Å². The highest BCUT2D eigenvalue weighted by Gasteiger charge is 2.33. The molecule has 3 heterocycles. The molecule has 162 valence electrons. The van der Waals surface area contributed by atoms with Gasteiger partial charge in [-0.15, -0.1) is 0 Å². The first-order valence-corrected chi connectivity index (χ1v) is 10.5. The minimum atomic E-state index is -0.621. The normalized spacial score (nSPS) is 22.4. The monoisotopic (exact) mass is 415 g/mol. The number of likely N-dealkylation sites (tertiary alicyclic amines) is 2. The lowest BCUT2D eigenvalue weighted by atomic mass is 9.96. The molecule has 30 heavy (non-hydrogen) atoms. The van der Waals surface area contributed by atoms with E-state index in [4.69, 9.17) is 5.73 Å². The van der Waals surface area contributed by atoms with Crippen molar-refractivity contribution in [2.45, 2.75) is 45.1 Å². The standard InChI is InChI=1S/C21H29N5O4/c1-2-25-12-15(6-7-18(25)27)21(30)26-10-4-3-5-16(13-26)24-20(29)17-11-14(19(22)28)8-9-23-17/h8-9,11,15-16H,2-7,10,12-13H2,1H3,(H2,22,28)(H,24,29). The van der Waals surface area contributed by atoms with Crippen molar-refractivity contribution in [1.82, 2.24) is 20.1 Å². The van der Waals surface area contributed by atoms with Crippen LogP contribution in [0.5, 0.6) is 0 Å². The second kappa shape index (κ2) is 9.69. The summed E-state index contributed by atoms with van der Waals surface area (Å²) >= 11 is 0. The van der Waals surface area contributed by atoms with Gasteiger partial charge < -0.3 is 20.9 Å². The van der Waals surface area contributed by atoms with Crippen LogP contribution in [0.25, 0.3) is 0 Å². The van der Waals surface area contributed by atoms with Gasteiger partial charge in [0.1, 0.15) is 5.69 Å². The van der Waals surface area contributed by atoms with Crippen molar-refractivity contribution in [3.63, 3.8) is 0 Å². The third-order valence-electron chi connectivity index (χ3n) is 5.83. The minimum absolute atomic E-state index is 0.0518. The summed E-state index contributed by atoms with van der Waals surface area (Å²) in [5.74, 6) is -1.04. The van der Waals surface area contributed by atoms with Gasteiger partial charge in [-0.3, -0.25) is 24.2 Å². The number of aromatic nitrogens is 1. The van der Waals surface area contributed by atoms with Crippen LogP contribution in [-0.4, -0.2) is 70.6 Å². The van der Waals surface area contributed by atoms with Crippen molar-refractivity contribution in [2.24, 2.45) is 11.7 Å². The number of primary amides is 1. The molecule has 2 aliphatic heterocycles. The maximum Gasteiger partial charge on any atom is 0.270 e. The van der Waals surface area contributed by atoms with Gasteiger partial charge >= 0.3 is 0 Å². The predicted octanol–water partition coefficient (Wildman–Crippen LogP) is 0.550. The third-order valence-corrected chi connectivity index (χ3v) is 5.83. The van der Waals surface area contributed by atoms with Crippen LogP contribution in [0.4, 0.5) is 0 Å². The fourth-order valence-electron chi connectivity index (χ4n) is 4.11. The fourth-order valence-corrected chi connectivity index (χ4v) is 4.11. The molecule has 2 fully saturated rings. The van der Waals surface area contributed by atoms with Gasteiger partial charge in [-0.05, 0) is 44.7 Å². The fraction of sp³-hybridized carbons (Fsp3) is 0.571. The number of carbonyl (C=O) groups is 4. The van der Waals surface area contributed by atoms with Gasteiger partial charge in [-0.25, -0.2) is 0 Å². The zero-order chi connectivity index (χ0) is 21.7. The number of carbonyl (C=O) groups excluding carboxylic acids is 4. The lowest BCUT2D eigenvalue weighted by Gasteiger charge is -2.34. The van der Waals surface area contributed by atoms with Gasteiger partial charge in [0, 0.05) is 50.4 Å². The average Bonchev–Trinajstić information content (AvgIpc) is 2.99. The first kappa shape index (κ1) is 21.7. The van der Waals surface area contributed by atoms with Crippen LogP contribution >= 0.6 is 0 Å². The van der Waals surface area contributed by atoms with Crippen molar-refractivity contribution in [2.75, 3.05) is 26.2 Å². The Bertz CT molecular complexity index is 827. The molecular formula is C21H29N5O4. The number of nitrogens with zero attached hydrogens (tertiary/aromatic N) is 3. The highest BCUT2D eigenvalue weighted by Crippen LogP contribution is 2.22.